The van der Waals surface area contributed by atoms with Gasteiger partial charge in [0.05, 0.1) is 0 Å². The minimum absolute atomic E-state index is 0.186. The van der Waals surface area contributed by atoms with E-state index in [1.165, 1.54) is 38.5 Å². The third-order valence-corrected chi connectivity index (χ3v) is 2.95. The minimum atomic E-state index is 0.186. The van der Waals surface area contributed by atoms with Crippen LogP contribution >= 0.6 is 0 Å². The Morgan fingerprint density at radius 3 is 1.95 bits per heavy atom. The van der Waals surface area contributed by atoms with E-state index >= 15 is 0 Å². The quantitative estimate of drug-likeness (QED) is 0.376. The molecule has 0 heterocycles. The number of carbonyl (C=O) groups excluding carboxylic acids is 1. The van der Waals surface area contributed by atoms with E-state index in [9.17, 15) is 4.79 Å². The lowest BCUT2D eigenvalue weighted by molar-refractivity contribution is -0.121. The van der Waals surface area contributed by atoms with Crippen LogP contribution in [-0.4, -0.2) is 12.5 Å². The molecule has 0 aliphatic heterocycles. The molecule has 0 aliphatic rings. The topological polar surface area (TPSA) is 29.1 Å². The molecular formula is C18H35NO. The summed E-state index contributed by atoms with van der Waals surface area (Å²) in [7, 11) is 0. The van der Waals surface area contributed by atoms with Crippen molar-refractivity contribution < 1.29 is 4.79 Å². The van der Waals surface area contributed by atoms with E-state index in [4.69, 9.17) is 0 Å². The van der Waals surface area contributed by atoms with E-state index < -0.39 is 0 Å². The minimum Gasteiger partial charge on any atom is -0.356 e. The second-order valence-corrected chi connectivity index (χ2v) is 4.98. The molecule has 0 aliphatic carbocycles. The largest absolute Gasteiger partial charge is 0.356 e. The van der Waals surface area contributed by atoms with Gasteiger partial charge in [-0.05, 0) is 39.0 Å². The maximum absolute atomic E-state index is 11.0. The SMILES string of the molecule is C=CCCCCC.C=CCCCCCCC(=O)NCC. The first-order chi connectivity index (χ1) is 9.72. The van der Waals surface area contributed by atoms with Crippen LogP contribution in [0.3, 0.4) is 0 Å². The van der Waals surface area contributed by atoms with Crippen molar-refractivity contribution in [2.24, 2.45) is 0 Å². The molecule has 0 aromatic heterocycles. The standard InChI is InChI=1S/C11H21NO.C7H14/c1-3-5-6-7-8-9-10-11(13)12-4-2;1-3-5-7-6-4-2/h3H,1,4-10H2,2H3,(H,12,13);3H,1,4-7H2,2H3. The first kappa shape index (κ1) is 21.3. The summed E-state index contributed by atoms with van der Waals surface area (Å²) in [5, 5.41) is 2.79. The van der Waals surface area contributed by atoms with Crippen molar-refractivity contribution in [2.45, 2.75) is 78.1 Å². The number of rotatable bonds is 12. The molecule has 118 valence electrons. The molecule has 0 unspecified atom stereocenters. The van der Waals surface area contributed by atoms with Crippen LogP contribution in [0.1, 0.15) is 78.1 Å². The Labute approximate surface area is 126 Å². The molecule has 0 aromatic rings. The molecule has 0 saturated heterocycles. The van der Waals surface area contributed by atoms with Gasteiger partial charge in [-0.25, -0.2) is 0 Å². The Bertz CT molecular complexity index is 223. The zero-order valence-corrected chi connectivity index (χ0v) is 13.8. The predicted octanol–water partition coefficient (Wildman–Crippen LogP) is 5.40. The van der Waals surface area contributed by atoms with E-state index in [-0.39, 0.29) is 5.91 Å². The van der Waals surface area contributed by atoms with Crippen LogP contribution in [0.4, 0.5) is 0 Å². The molecule has 0 atom stereocenters. The lowest BCUT2D eigenvalue weighted by atomic mass is 10.1. The van der Waals surface area contributed by atoms with Gasteiger partial charge < -0.3 is 5.32 Å². The molecule has 0 saturated carbocycles. The zero-order valence-electron chi connectivity index (χ0n) is 13.8. The highest BCUT2D eigenvalue weighted by molar-refractivity contribution is 5.75. The predicted molar refractivity (Wildman–Crippen MR) is 90.9 cm³/mol. The summed E-state index contributed by atoms with van der Waals surface area (Å²) in [6, 6.07) is 0. The Kier molecular flexibility index (Phi) is 21.5. The maximum atomic E-state index is 11.0. The molecule has 0 radical (unpaired) electrons. The molecule has 20 heavy (non-hydrogen) atoms. The van der Waals surface area contributed by atoms with Gasteiger partial charge in [-0.1, -0.05) is 44.8 Å². The van der Waals surface area contributed by atoms with Gasteiger partial charge in [0.2, 0.25) is 5.91 Å². The fourth-order valence-corrected chi connectivity index (χ4v) is 1.75. The summed E-state index contributed by atoms with van der Waals surface area (Å²) in [4.78, 5) is 11.0. The molecule has 1 amide bonds. The third-order valence-electron chi connectivity index (χ3n) is 2.95. The van der Waals surface area contributed by atoms with Gasteiger partial charge in [-0.3, -0.25) is 4.79 Å². The summed E-state index contributed by atoms with van der Waals surface area (Å²) < 4.78 is 0. The Morgan fingerprint density at radius 1 is 0.900 bits per heavy atom. The fourth-order valence-electron chi connectivity index (χ4n) is 1.75. The van der Waals surface area contributed by atoms with E-state index in [0.717, 1.165) is 25.8 Å². The van der Waals surface area contributed by atoms with Gasteiger partial charge in [-0.2, -0.15) is 0 Å². The van der Waals surface area contributed by atoms with Gasteiger partial charge in [0.1, 0.15) is 0 Å². The molecule has 1 N–H and O–H groups in total. The summed E-state index contributed by atoms with van der Waals surface area (Å²) in [5.74, 6) is 0.186. The second kappa shape index (κ2) is 20.3. The zero-order chi connectivity index (χ0) is 15.5. The van der Waals surface area contributed by atoms with Gasteiger partial charge in [-0.15, -0.1) is 13.2 Å². The van der Waals surface area contributed by atoms with E-state index in [0.29, 0.717) is 6.42 Å². The van der Waals surface area contributed by atoms with Gasteiger partial charge in [0.25, 0.3) is 0 Å². The van der Waals surface area contributed by atoms with Crippen LogP contribution in [0.5, 0.6) is 0 Å². The number of nitrogens with one attached hydrogen (secondary N) is 1. The first-order valence-electron chi connectivity index (χ1n) is 8.21. The molecule has 0 spiro atoms. The van der Waals surface area contributed by atoms with E-state index in [1.54, 1.807) is 0 Å². The Balaban J connectivity index is 0. The second-order valence-electron chi connectivity index (χ2n) is 4.98. The number of hydrogen-bond acceptors (Lipinski definition) is 1. The number of amides is 1. The molecule has 2 nitrogen and oxygen atoms in total. The van der Waals surface area contributed by atoms with Crippen molar-refractivity contribution in [1.82, 2.24) is 5.32 Å². The van der Waals surface area contributed by atoms with Crippen LogP contribution < -0.4 is 5.32 Å². The van der Waals surface area contributed by atoms with Crippen molar-refractivity contribution >= 4 is 5.91 Å². The Morgan fingerprint density at radius 2 is 1.45 bits per heavy atom. The van der Waals surface area contributed by atoms with Crippen molar-refractivity contribution in [2.75, 3.05) is 6.54 Å². The fraction of sp³-hybridized carbons (Fsp3) is 0.722. The van der Waals surface area contributed by atoms with Crippen molar-refractivity contribution in [3.8, 4) is 0 Å². The van der Waals surface area contributed by atoms with Crippen molar-refractivity contribution in [1.29, 1.82) is 0 Å². The lowest BCUT2D eigenvalue weighted by Gasteiger charge is -2.01. The van der Waals surface area contributed by atoms with Crippen LogP contribution in [-0.2, 0) is 4.79 Å². The summed E-state index contributed by atoms with van der Waals surface area (Å²) >= 11 is 0. The number of carbonyl (C=O) groups is 1. The third kappa shape index (κ3) is 22.2. The van der Waals surface area contributed by atoms with E-state index in [1.807, 2.05) is 19.1 Å². The van der Waals surface area contributed by atoms with Gasteiger partial charge >= 0.3 is 0 Å². The van der Waals surface area contributed by atoms with Gasteiger partial charge in [0, 0.05) is 13.0 Å². The molecule has 0 fully saturated rings. The van der Waals surface area contributed by atoms with Crippen LogP contribution in [0.15, 0.2) is 25.3 Å². The molecule has 0 bridgehead atoms. The molecular weight excluding hydrogens is 246 g/mol. The van der Waals surface area contributed by atoms with Crippen molar-refractivity contribution in [3.63, 3.8) is 0 Å². The number of allylic oxidation sites excluding steroid dienone is 2. The maximum Gasteiger partial charge on any atom is 0.219 e. The smallest absolute Gasteiger partial charge is 0.219 e. The number of unbranched alkanes of at least 4 members (excludes halogenated alkanes) is 7. The normalized spacial score (nSPS) is 9.30. The summed E-state index contributed by atoms with van der Waals surface area (Å²) in [5.41, 5.74) is 0. The highest BCUT2D eigenvalue weighted by Crippen LogP contribution is 2.05. The molecule has 0 rings (SSSR count). The number of hydrogen-bond donors (Lipinski definition) is 1. The summed E-state index contributed by atoms with van der Waals surface area (Å²) in [6.07, 6.45) is 15.5. The van der Waals surface area contributed by atoms with Crippen LogP contribution in [0.2, 0.25) is 0 Å². The first-order valence-corrected chi connectivity index (χ1v) is 8.21. The highest BCUT2D eigenvalue weighted by Gasteiger charge is 1.97. The van der Waals surface area contributed by atoms with Crippen LogP contribution in [0, 0.1) is 0 Å². The molecule has 0 aromatic carbocycles. The van der Waals surface area contributed by atoms with Crippen molar-refractivity contribution in [3.05, 3.63) is 25.3 Å². The summed E-state index contributed by atoms with van der Waals surface area (Å²) in [6.45, 7) is 12.2. The van der Waals surface area contributed by atoms with Crippen LogP contribution in [0.25, 0.3) is 0 Å². The van der Waals surface area contributed by atoms with E-state index in [2.05, 4.69) is 25.4 Å². The average molecular weight is 281 g/mol. The van der Waals surface area contributed by atoms with Gasteiger partial charge in [0.15, 0.2) is 0 Å². The molecule has 2 heteroatoms. The lowest BCUT2D eigenvalue weighted by Crippen LogP contribution is -2.21. The monoisotopic (exact) mass is 281 g/mol. The Hall–Kier alpha value is -1.05. The average Bonchev–Trinajstić information content (AvgIpc) is 2.44. The highest BCUT2D eigenvalue weighted by atomic mass is 16.1.